The molecule has 3 rings (SSSR count). The SMILES string of the molecule is Cc1cc(O)cc(-c2cccc(C(=O)N3CCCC3)c2)c1. The molecule has 2 aromatic rings. The second-order valence-corrected chi connectivity index (χ2v) is 5.64. The normalized spacial score (nSPS) is 14.4. The van der Waals surface area contributed by atoms with Crippen LogP contribution in [0.15, 0.2) is 42.5 Å². The first-order valence-corrected chi connectivity index (χ1v) is 7.34. The number of rotatable bonds is 2. The van der Waals surface area contributed by atoms with Crippen LogP contribution in [0.2, 0.25) is 0 Å². The van der Waals surface area contributed by atoms with E-state index in [1.807, 2.05) is 42.2 Å². The van der Waals surface area contributed by atoms with Crippen molar-refractivity contribution in [2.24, 2.45) is 0 Å². The first kappa shape index (κ1) is 13.7. The van der Waals surface area contributed by atoms with Crippen LogP contribution in [0.5, 0.6) is 5.75 Å². The summed E-state index contributed by atoms with van der Waals surface area (Å²) >= 11 is 0. The van der Waals surface area contributed by atoms with Crippen LogP contribution < -0.4 is 0 Å². The van der Waals surface area contributed by atoms with Gasteiger partial charge >= 0.3 is 0 Å². The van der Waals surface area contributed by atoms with E-state index in [4.69, 9.17) is 0 Å². The number of phenols is 1. The molecule has 0 aromatic heterocycles. The molecule has 0 radical (unpaired) electrons. The zero-order chi connectivity index (χ0) is 14.8. The van der Waals surface area contributed by atoms with Crippen molar-refractivity contribution in [1.82, 2.24) is 4.90 Å². The maximum atomic E-state index is 12.4. The number of carbonyl (C=O) groups excluding carboxylic acids is 1. The van der Waals surface area contributed by atoms with Gasteiger partial charge in [-0.25, -0.2) is 0 Å². The van der Waals surface area contributed by atoms with E-state index in [9.17, 15) is 9.90 Å². The van der Waals surface area contributed by atoms with Crippen molar-refractivity contribution < 1.29 is 9.90 Å². The third-order valence-electron chi connectivity index (χ3n) is 3.90. The molecule has 1 heterocycles. The number of nitrogens with zero attached hydrogens (tertiary/aromatic N) is 1. The van der Waals surface area contributed by atoms with Gasteiger partial charge in [-0.3, -0.25) is 4.79 Å². The monoisotopic (exact) mass is 281 g/mol. The van der Waals surface area contributed by atoms with Crippen molar-refractivity contribution in [3.8, 4) is 16.9 Å². The Morgan fingerprint density at radius 2 is 1.81 bits per heavy atom. The number of carbonyl (C=O) groups is 1. The summed E-state index contributed by atoms with van der Waals surface area (Å²) in [4.78, 5) is 14.4. The van der Waals surface area contributed by atoms with Crippen molar-refractivity contribution in [3.63, 3.8) is 0 Å². The second kappa shape index (κ2) is 5.60. The fourth-order valence-electron chi connectivity index (χ4n) is 2.86. The van der Waals surface area contributed by atoms with Gasteiger partial charge in [0.05, 0.1) is 0 Å². The highest BCUT2D eigenvalue weighted by Gasteiger charge is 2.19. The van der Waals surface area contributed by atoms with E-state index in [0.29, 0.717) is 0 Å². The van der Waals surface area contributed by atoms with E-state index in [0.717, 1.165) is 48.2 Å². The third kappa shape index (κ3) is 2.92. The van der Waals surface area contributed by atoms with E-state index >= 15 is 0 Å². The van der Waals surface area contributed by atoms with Gasteiger partial charge in [0, 0.05) is 18.7 Å². The minimum atomic E-state index is 0.103. The molecule has 3 nitrogen and oxygen atoms in total. The van der Waals surface area contributed by atoms with Crippen molar-refractivity contribution in [2.75, 3.05) is 13.1 Å². The molecule has 0 unspecified atom stereocenters. The lowest BCUT2D eigenvalue weighted by Crippen LogP contribution is -2.27. The van der Waals surface area contributed by atoms with Crippen LogP contribution in [0.4, 0.5) is 0 Å². The standard InChI is InChI=1S/C18H19NO2/c1-13-9-16(12-17(20)10-13)14-5-4-6-15(11-14)18(21)19-7-2-3-8-19/h4-6,9-12,20H,2-3,7-8H2,1H3. The van der Waals surface area contributed by atoms with Gasteiger partial charge in [0.25, 0.3) is 5.91 Å². The Bertz CT molecular complexity index is 652. The lowest BCUT2D eigenvalue weighted by molar-refractivity contribution is 0.0793. The molecule has 1 aliphatic rings. The fraction of sp³-hybridized carbons (Fsp3) is 0.278. The number of likely N-dealkylation sites (tertiary alicyclic amines) is 1. The first-order valence-electron chi connectivity index (χ1n) is 7.34. The minimum absolute atomic E-state index is 0.103. The van der Waals surface area contributed by atoms with Crippen LogP contribution in [0.1, 0.15) is 28.8 Å². The number of benzene rings is 2. The first-order chi connectivity index (χ1) is 10.1. The summed E-state index contributed by atoms with van der Waals surface area (Å²) in [5.74, 6) is 0.354. The molecule has 2 aromatic carbocycles. The average molecular weight is 281 g/mol. The Morgan fingerprint density at radius 3 is 2.52 bits per heavy atom. The molecule has 1 amide bonds. The second-order valence-electron chi connectivity index (χ2n) is 5.64. The Morgan fingerprint density at radius 1 is 1.05 bits per heavy atom. The van der Waals surface area contributed by atoms with Crippen LogP contribution in [0.25, 0.3) is 11.1 Å². The van der Waals surface area contributed by atoms with Gasteiger partial charge < -0.3 is 10.0 Å². The van der Waals surface area contributed by atoms with E-state index in [1.165, 1.54) is 0 Å². The molecule has 0 atom stereocenters. The molecule has 0 aliphatic carbocycles. The molecule has 0 saturated carbocycles. The Kier molecular flexibility index (Phi) is 3.65. The molecule has 1 N–H and O–H groups in total. The van der Waals surface area contributed by atoms with Crippen molar-refractivity contribution in [2.45, 2.75) is 19.8 Å². The Hall–Kier alpha value is -2.29. The smallest absolute Gasteiger partial charge is 0.253 e. The molecule has 0 spiro atoms. The zero-order valence-electron chi connectivity index (χ0n) is 12.2. The highest BCUT2D eigenvalue weighted by Crippen LogP contribution is 2.26. The average Bonchev–Trinajstić information content (AvgIpc) is 3.00. The summed E-state index contributed by atoms with van der Waals surface area (Å²) in [7, 11) is 0. The largest absolute Gasteiger partial charge is 0.508 e. The third-order valence-corrected chi connectivity index (χ3v) is 3.90. The highest BCUT2D eigenvalue weighted by molar-refractivity contribution is 5.95. The molecule has 0 bridgehead atoms. The number of amides is 1. The number of hydrogen-bond acceptors (Lipinski definition) is 2. The molecule has 108 valence electrons. The predicted octanol–water partition coefficient (Wildman–Crippen LogP) is 3.60. The van der Waals surface area contributed by atoms with Crippen molar-refractivity contribution in [1.29, 1.82) is 0 Å². The zero-order valence-corrected chi connectivity index (χ0v) is 12.2. The Balaban J connectivity index is 1.94. The number of aryl methyl sites for hydroxylation is 1. The van der Waals surface area contributed by atoms with Crippen molar-refractivity contribution in [3.05, 3.63) is 53.6 Å². The number of hydrogen-bond donors (Lipinski definition) is 1. The topological polar surface area (TPSA) is 40.5 Å². The number of aromatic hydroxyl groups is 1. The fourth-order valence-corrected chi connectivity index (χ4v) is 2.86. The van der Waals surface area contributed by atoms with E-state index in [-0.39, 0.29) is 11.7 Å². The molecule has 3 heteroatoms. The molecule has 1 fully saturated rings. The van der Waals surface area contributed by atoms with Gasteiger partial charge in [-0.15, -0.1) is 0 Å². The molecule has 1 aliphatic heterocycles. The van der Waals surface area contributed by atoms with E-state index < -0.39 is 0 Å². The Labute approximate surface area is 124 Å². The summed E-state index contributed by atoms with van der Waals surface area (Å²) in [6, 6.07) is 13.1. The molecular formula is C18H19NO2. The summed E-state index contributed by atoms with van der Waals surface area (Å²) in [5, 5.41) is 9.73. The summed E-state index contributed by atoms with van der Waals surface area (Å²) in [6.45, 7) is 3.66. The van der Waals surface area contributed by atoms with Gasteiger partial charge in [0.2, 0.25) is 0 Å². The van der Waals surface area contributed by atoms with E-state index in [2.05, 4.69) is 0 Å². The van der Waals surface area contributed by atoms with Gasteiger partial charge in [0.15, 0.2) is 0 Å². The van der Waals surface area contributed by atoms with Gasteiger partial charge in [-0.2, -0.15) is 0 Å². The summed E-state index contributed by atoms with van der Waals surface area (Å²) < 4.78 is 0. The van der Waals surface area contributed by atoms with E-state index in [1.54, 1.807) is 12.1 Å². The lowest BCUT2D eigenvalue weighted by atomic mass is 10.0. The molecule has 1 saturated heterocycles. The predicted molar refractivity (Wildman–Crippen MR) is 83.4 cm³/mol. The van der Waals surface area contributed by atoms with Crippen LogP contribution in [0.3, 0.4) is 0 Å². The van der Waals surface area contributed by atoms with Crippen molar-refractivity contribution >= 4 is 5.91 Å². The van der Waals surface area contributed by atoms with Crippen LogP contribution in [-0.2, 0) is 0 Å². The van der Waals surface area contributed by atoms with Crippen LogP contribution in [-0.4, -0.2) is 29.0 Å². The van der Waals surface area contributed by atoms with Gasteiger partial charge in [-0.05, 0) is 60.7 Å². The number of phenolic OH excluding ortho intramolecular Hbond substituents is 1. The summed E-state index contributed by atoms with van der Waals surface area (Å²) in [6.07, 6.45) is 2.19. The van der Waals surface area contributed by atoms with Gasteiger partial charge in [0.1, 0.15) is 5.75 Å². The molecular weight excluding hydrogens is 262 g/mol. The maximum absolute atomic E-state index is 12.4. The lowest BCUT2D eigenvalue weighted by Gasteiger charge is -2.15. The minimum Gasteiger partial charge on any atom is -0.508 e. The maximum Gasteiger partial charge on any atom is 0.253 e. The summed E-state index contributed by atoms with van der Waals surface area (Å²) in [5.41, 5.74) is 3.61. The quantitative estimate of drug-likeness (QED) is 0.913. The van der Waals surface area contributed by atoms with Crippen LogP contribution in [0, 0.1) is 6.92 Å². The van der Waals surface area contributed by atoms with Crippen LogP contribution >= 0.6 is 0 Å². The van der Waals surface area contributed by atoms with Gasteiger partial charge in [-0.1, -0.05) is 18.2 Å². The highest BCUT2D eigenvalue weighted by atomic mass is 16.3. The molecule has 21 heavy (non-hydrogen) atoms.